The normalized spacial score (nSPS) is 10.4. The number of benzene rings is 1. The van der Waals surface area contributed by atoms with Crippen LogP contribution in [-0.2, 0) is 11.3 Å². The van der Waals surface area contributed by atoms with Crippen LogP contribution < -0.4 is 5.32 Å². The van der Waals surface area contributed by atoms with E-state index >= 15 is 0 Å². The van der Waals surface area contributed by atoms with E-state index in [1.165, 1.54) is 17.3 Å². The summed E-state index contributed by atoms with van der Waals surface area (Å²) in [5.74, 6) is -2.30. The number of nitrogens with zero attached hydrogens (tertiary/aromatic N) is 3. The summed E-state index contributed by atoms with van der Waals surface area (Å²) in [5, 5.41) is 5.85. The third-order valence-corrected chi connectivity index (χ3v) is 2.50. The molecular formula is C10H7BrF2N4O. The molecule has 8 heteroatoms. The molecular weight excluding hydrogens is 310 g/mol. The van der Waals surface area contributed by atoms with E-state index < -0.39 is 23.2 Å². The Bertz CT molecular complexity index is 550. The quantitative estimate of drug-likeness (QED) is 0.941. The molecule has 5 nitrogen and oxygen atoms in total. The van der Waals surface area contributed by atoms with Gasteiger partial charge in [-0.15, -0.1) is 0 Å². The number of hydrogen-bond donors (Lipinski definition) is 1. The SMILES string of the molecule is O=C(Cn1cncn1)Nc1c(F)cc(Br)cc1F. The standard InChI is InChI=1S/C10H7BrF2N4O/c11-6-1-7(12)10(8(13)2-6)16-9(18)3-17-5-14-4-15-17/h1-2,4-5H,3H2,(H,16,18). The van der Waals surface area contributed by atoms with E-state index in [0.29, 0.717) is 0 Å². The minimum absolute atomic E-state index is 0.172. The summed E-state index contributed by atoms with van der Waals surface area (Å²) in [6, 6.07) is 2.13. The summed E-state index contributed by atoms with van der Waals surface area (Å²) >= 11 is 2.95. The van der Waals surface area contributed by atoms with Crippen LogP contribution in [0.5, 0.6) is 0 Å². The summed E-state index contributed by atoms with van der Waals surface area (Å²) in [7, 11) is 0. The van der Waals surface area contributed by atoms with Gasteiger partial charge in [-0.25, -0.2) is 18.4 Å². The largest absolute Gasteiger partial charge is 0.320 e. The van der Waals surface area contributed by atoms with Crippen LogP contribution >= 0.6 is 15.9 Å². The highest BCUT2D eigenvalue weighted by Gasteiger charge is 2.13. The molecule has 0 saturated heterocycles. The predicted molar refractivity (Wildman–Crippen MR) is 62.7 cm³/mol. The molecule has 2 rings (SSSR count). The van der Waals surface area contributed by atoms with E-state index in [1.54, 1.807) is 0 Å². The first kappa shape index (κ1) is 12.6. The molecule has 0 atom stereocenters. The van der Waals surface area contributed by atoms with Crippen LogP contribution in [-0.4, -0.2) is 20.7 Å². The van der Waals surface area contributed by atoms with Gasteiger partial charge >= 0.3 is 0 Å². The van der Waals surface area contributed by atoms with Gasteiger partial charge in [-0.1, -0.05) is 15.9 Å². The molecule has 94 valence electrons. The van der Waals surface area contributed by atoms with Crippen molar-refractivity contribution < 1.29 is 13.6 Å². The van der Waals surface area contributed by atoms with Gasteiger partial charge in [-0.05, 0) is 12.1 Å². The molecule has 1 amide bonds. The Labute approximate surface area is 109 Å². The van der Waals surface area contributed by atoms with Crippen molar-refractivity contribution >= 4 is 27.5 Å². The van der Waals surface area contributed by atoms with Crippen molar-refractivity contribution in [2.75, 3.05) is 5.32 Å². The molecule has 0 spiro atoms. The number of hydrogen-bond acceptors (Lipinski definition) is 3. The predicted octanol–water partition coefficient (Wildman–Crippen LogP) is 1.96. The summed E-state index contributed by atoms with van der Waals surface area (Å²) in [6.45, 7) is -0.172. The fourth-order valence-corrected chi connectivity index (χ4v) is 1.70. The minimum Gasteiger partial charge on any atom is -0.320 e. The van der Waals surface area contributed by atoms with Crippen LogP contribution in [0.15, 0.2) is 29.3 Å². The zero-order chi connectivity index (χ0) is 13.1. The first-order valence-corrected chi connectivity index (χ1v) is 5.62. The Morgan fingerprint density at radius 1 is 1.39 bits per heavy atom. The van der Waals surface area contributed by atoms with Crippen molar-refractivity contribution in [1.29, 1.82) is 0 Å². The number of amides is 1. The third kappa shape index (κ3) is 2.89. The zero-order valence-electron chi connectivity index (χ0n) is 8.90. The fraction of sp³-hybridized carbons (Fsp3) is 0.100. The lowest BCUT2D eigenvalue weighted by Gasteiger charge is -2.08. The number of rotatable bonds is 3. The molecule has 1 N–H and O–H groups in total. The molecule has 0 aliphatic carbocycles. The van der Waals surface area contributed by atoms with Crippen molar-refractivity contribution in [3.8, 4) is 0 Å². The van der Waals surface area contributed by atoms with Crippen molar-refractivity contribution in [2.45, 2.75) is 6.54 Å². The second-order valence-corrected chi connectivity index (χ2v) is 4.30. The molecule has 0 radical (unpaired) electrons. The molecule has 1 heterocycles. The summed E-state index contributed by atoms with van der Waals surface area (Å²) in [6.07, 6.45) is 2.59. The van der Waals surface area contributed by atoms with Crippen molar-refractivity contribution in [3.05, 3.63) is 40.9 Å². The van der Waals surface area contributed by atoms with Gasteiger partial charge in [0.15, 0.2) is 11.6 Å². The lowest BCUT2D eigenvalue weighted by atomic mass is 10.3. The Kier molecular flexibility index (Phi) is 3.66. The molecule has 0 unspecified atom stereocenters. The third-order valence-electron chi connectivity index (χ3n) is 2.04. The smallest absolute Gasteiger partial charge is 0.246 e. The van der Waals surface area contributed by atoms with Crippen LogP contribution in [0.2, 0.25) is 0 Å². The van der Waals surface area contributed by atoms with Gasteiger partial charge in [0.05, 0.1) is 0 Å². The molecule has 1 aromatic carbocycles. The van der Waals surface area contributed by atoms with E-state index in [2.05, 4.69) is 31.3 Å². The number of carbonyl (C=O) groups excluding carboxylic acids is 1. The fourth-order valence-electron chi connectivity index (χ4n) is 1.30. The Morgan fingerprint density at radius 3 is 2.61 bits per heavy atom. The highest BCUT2D eigenvalue weighted by molar-refractivity contribution is 9.10. The summed E-state index contributed by atoms with van der Waals surface area (Å²) in [4.78, 5) is 15.2. The van der Waals surface area contributed by atoms with Gasteiger partial charge in [0.2, 0.25) is 5.91 Å². The van der Waals surface area contributed by atoms with Crippen LogP contribution in [0.1, 0.15) is 0 Å². The van der Waals surface area contributed by atoms with Crippen LogP contribution in [0.25, 0.3) is 0 Å². The van der Waals surface area contributed by atoms with E-state index in [4.69, 9.17) is 0 Å². The Balaban J connectivity index is 2.12. The highest BCUT2D eigenvalue weighted by Crippen LogP contribution is 2.23. The number of anilines is 1. The van der Waals surface area contributed by atoms with E-state index in [0.717, 1.165) is 12.1 Å². The minimum atomic E-state index is -0.853. The molecule has 0 aliphatic rings. The molecule has 0 fully saturated rings. The first-order valence-electron chi connectivity index (χ1n) is 4.83. The molecule has 0 bridgehead atoms. The van der Waals surface area contributed by atoms with Gasteiger partial charge in [-0.2, -0.15) is 5.10 Å². The number of nitrogens with one attached hydrogen (secondary N) is 1. The van der Waals surface area contributed by atoms with Crippen molar-refractivity contribution in [1.82, 2.24) is 14.8 Å². The van der Waals surface area contributed by atoms with Crippen LogP contribution in [0.3, 0.4) is 0 Å². The van der Waals surface area contributed by atoms with E-state index in [1.807, 2.05) is 0 Å². The zero-order valence-corrected chi connectivity index (χ0v) is 10.5. The first-order chi connectivity index (χ1) is 8.56. The average molecular weight is 317 g/mol. The molecule has 2 aromatic rings. The monoisotopic (exact) mass is 316 g/mol. The maximum absolute atomic E-state index is 13.4. The maximum Gasteiger partial charge on any atom is 0.246 e. The van der Waals surface area contributed by atoms with E-state index in [9.17, 15) is 13.6 Å². The lowest BCUT2D eigenvalue weighted by molar-refractivity contribution is -0.117. The molecule has 1 aromatic heterocycles. The van der Waals surface area contributed by atoms with Crippen molar-refractivity contribution in [2.24, 2.45) is 0 Å². The summed E-state index contributed by atoms with van der Waals surface area (Å²) < 4.78 is 28.4. The van der Waals surface area contributed by atoms with Gasteiger partial charge in [0.25, 0.3) is 0 Å². The average Bonchev–Trinajstić information content (AvgIpc) is 2.76. The Hall–Kier alpha value is -1.83. The second-order valence-electron chi connectivity index (χ2n) is 3.39. The highest BCUT2D eigenvalue weighted by atomic mass is 79.9. The molecule has 18 heavy (non-hydrogen) atoms. The molecule has 0 saturated carbocycles. The van der Waals surface area contributed by atoms with Crippen LogP contribution in [0.4, 0.5) is 14.5 Å². The number of carbonyl (C=O) groups is 1. The second kappa shape index (κ2) is 5.21. The van der Waals surface area contributed by atoms with Crippen molar-refractivity contribution in [3.63, 3.8) is 0 Å². The Morgan fingerprint density at radius 2 is 2.06 bits per heavy atom. The van der Waals surface area contributed by atoms with Gasteiger partial charge in [-0.3, -0.25) is 4.79 Å². The van der Waals surface area contributed by atoms with Gasteiger partial charge in [0.1, 0.15) is 24.9 Å². The van der Waals surface area contributed by atoms with Crippen LogP contribution in [0, 0.1) is 11.6 Å². The molecule has 0 aliphatic heterocycles. The summed E-state index contributed by atoms with van der Waals surface area (Å²) in [5.41, 5.74) is -0.483. The number of aromatic nitrogens is 3. The van der Waals surface area contributed by atoms with Gasteiger partial charge in [0, 0.05) is 4.47 Å². The topological polar surface area (TPSA) is 59.8 Å². The lowest BCUT2D eigenvalue weighted by Crippen LogP contribution is -2.20. The van der Waals surface area contributed by atoms with Gasteiger partial charge < -0.3 is 5.32 Å². The number of halogens is 3. The maximum atomic E-state index is 13.4. The van der Waals surface area contributed by atoms with E-state index in [-0.39, 0.29) is 11.0 Å².